The molecule has 0 saturated carbocycles. The van der Waals surface area contributed by atoms with E-state index in [1.54, 1.807) is 4.68 Å². The molecule has 0 saturated heterocycles. The molecule has 1 aromatic carbocycles. The number of hydrogen-bond donors (Lipinski definition) is 1. The highest BCUT2D eigenvalue weighted by Gasteiger charge is 2.22. The first-order valence-electron chi connectivity index (χ1n) is 8.54. The standard InChI is InChI=1S/C18H25N5O/c1-5-12(2)19-18(24)17-13(3)23(21-20-17)16-8-6-7-14-11-22(4)10-9-15(14)16/h6-8,12H,5,9-11H2,1-4H3,(H,19,24)/t12-/m0/s1. The van der Waals surface area contributed by atoms with Crippen LogP contribution in [0.5, 0.6) is 0 Å². The van der Waals surface area contributed by atoms with Crippen LogP contribution in [-0.2, 0) is 13.0 Å². The Hall–Kier alpha value is -2.21. The van der Waals surface area contributed by atoms with Crippen LogP contribution in [0, 0.1) is 6.92 Å². The van der Waals surface area contributed by atoms with Gasteiger partial charge in [-0.15, -0.1) is 5.10 Å². The molecule has 2 heterocycles. The third-order valence-corrected chi connectivity index (χ3v) is 4.76. The molecule has 6 heteroatoms. The van der Waals surface area contributed by atoms with E-state index in [2.05, 4.69) is 39.7 Å². The summed E-state index contributed by atoms with van der Waals surface area (Å²) in [6.07, 6.45) is 1.87. The van der Waals surface area contributed by atoms with Crippen LogP contribution in [-0.4, -0.2) is 45.4 Å². The number of rotatable bonds is 4. The number of hydrogen-bond acceptors (Lipinski definition) is 4. The third-order valence-electron chi connectivity index (χ3n) is 4.76. The molecule has 0 spiro atoms. The van der Waals surface area contributed by atoms with Gasteiger partial charge in [-0.25, -0.2) is 4.68 Å². The van der Waals surface area contributed by atoms with Crippen molar-refractivity contribution < 1.29 is 4.79 Å². The highest BCUT2D eigenvalue weighted by Crippen LogP contribution is 2.25. The Labute approximate surface area is 142 Å². The first-order valence-corrected chi connectivity index (χ1v) is 8.54. The maximum absolute atomic E-state index is 12.4. The molecule has 24 heavy (non-hydrogen) atoms. The molecule has 3 rings (SSSR count). The van der Waals surface area contributed by atoms with Gasteiger partial charge in [0.1, 0.15) is 0 Å². The van der Waals surface area contributed by atoms with Gasteiger partial charge in [0.15, 0.2) is 5.69 Å². The number of carbonyl (C=O) groups is 1. The molecule has 0 fully saturated rings. The van der Waals surface area contributed by atoms with Gasteiger partial charge in [-0.2, -0.15) is 0 Å². The number of fused-ring (bicyclic) bond motifs is 1. The van der Waals surface area contributed by atoms with Crippen LogP contribution < -0.4 is 5.32 Å². The van der Waals surface area contributed by atoms with E-state index < -0.39 is 0 Å². The van der Waals surface area contributed by atoms with Crippen LogP contribution in [0.2, 0.25) is 0 Å². The Morgan fingerprint density at radius 2 is 2.21 bits per heavy atom. The van der Waals surface area contributed by atoms with Gasteiger partial charge >= 0.3 is 0 Å². The topological polar surface area (TPSA) is 63.1 Å². The second-order valence-corrected chi connectivity index (χ2v) is 6.62. The molecule has 1 aliphatic heterocycles. The van der Waals surface area contributed by atoms with E-state index in [9.17, 15) is 4.79 Å². The zero-order valence-corrected chi connectivity index (χ0v) is 14.8. The number of nitrogens with one attached hydrogen (secondary N) is 1. The summed E-state index contributed by atoms with van der Waals surface area (Å²) in [6.45, 7) is 7.90. The summed E-state index contributed by atoms with van der Waals surface area (Å²) in [5, 5.41) is 11.4. The van der Waals surface area contributed by atoms with Crippen molar-refractivity contribution in [2.75, 3.05) is 13.6 Å². The lowest BCUT2D eigenvalue weighted by atomic mass is 9.98. The Morgan fingerprint density at radius 1 is 1.42 bits per heavy atom. The van der Waals surface area contributed by atoms with Crippen molar-refractivity contribution in [2.45, 2.75) is 46.2 Å². The van der Waals surface area contributed by atoms with Crippen molar-refractivity contribution in [1.82, 2.24) is 25.2 Å². The molecule has 1 aliphatic rings. The molecule has 0 aliphatic carbocycles. The monoisotopic (exact) mass is 327 g/mol. The predicted octanol–water partition coefficient (Wildman–Crippen LogP) is 2.09. The fourth-order valence-corrected chi connectivity index (χ4v) is 3.09. The fraction of sp³-hybridized carbons (Fsp3) is 0.500. The van der Waals surface area contributed by atoms with Gasteiger partial charge in [0.05, 0.1) is 11.4 Å². The zero-order chi connectivity index (χ0) is 17.3. The van der Waals surface area contributed by atoms with E-state index in [1.807, 2.05) is 26.8 Å². The van der Waals surface area contributed by atoms with Crippen molar-refractivity contribution in [2.24, 2.45) is 0 Å². The van der Waals surface area contributed by atoms with Gasteiger partial charge in [-0.05, 0) is 50.9 Å². The van der Waals surface area contributed by atoms with Crippen LogP contribution in [0.4, 0.5) is 0 Å². The second-order valence-electron chi connectivity index (χ2n) is 6.62. The van der Waals surface area contributed by atoms with Gasteiger partial charge in [0.2, 0.25) is 0 Å². The van der Waals surface area contributed by atoms with Crippen LogP contribution in [0.3, 0.4) is 0 Å². The van der Waals surface area contributed by atoms with Crippen molar-refractivity contribution >= 4 is 5.91 Å². The summed E-state index contributed by atoms with van der Waals surface area (Å²) in [5.41, 5.74) is 4.84. The van der Waals surface area contributed by atoms with Gasteiger partial charge < -0.3 is 10.2 Å². The van der Waals surface area contributed by atoms with Gasteiger partial charge in [-0.1, -0.05) is 24.3 Å². The largest absolute Gasteiger partial charge is 0.348 e. The van der Waals surface area contributed by atoms with E-state index in [0.717, 1.165) is 37.3 Å². The van der Waals surface area contributed by atoms with E-state index in [1.165, 1.54) is 11.1 Å². The van der Waals surface area contributed by atoms with Crippen molar-refractivity contribution in [1.29, 1.82) is 0 Å². The smallest absolute Gasteiger partial charge is 0.273 e. The average molecular weight is 327 g/mol. The average Bonchev–Trinajstić information content (AvgIpc) is 2.95. The van der Waals surface area contributed by atoms with E-state index >= 15 is 0 Å². The number of benzene rings is 1. The molecule has 128 valence electrons. The fourth-order valence-electron chi connectivity index (χ4n) is 3.09. The first-order chi connectivity index (χ1) is 11.5. The summed E-state index contributed by atoms with van der Waals surface area (Å²) in [4.78, 5) is 14.7. The van der Waals surface area contributed by atoms with Crippen molar-refractivity contribution in [3.63, 3.8) is 0 Å². The molecular weight excluding hydrogens is 302 g/mol. The highest BCUT2D eigenvalue weighted by atomic mass is 16.2. The number of amides is 1. The zero-order valence-electron chi connectivity index (χ0n) is 14.8. The maximum Gasteiger partial charge on any atom is 0.273 e. The number of likely N-dealkylation sites (N-methyl/N-ethyl adjacent to an activating group) is 1. The highest BCUT2D eigenvalue weighted by molar-refractivity contribution is 5.93. The minimum absolute atomic E-state index is 0.127. The molecule has 1 N–H and O–H groups in total. The Balaban J connectivity index is 1.95. The lowest BCUT2D eigenvalue weighted by molar-refractivity contribution is 0.0933. The molecule has 0 unspecified atom stereocenters. The maximum atomic E-state index is 12.4. The Kier molecular flexibility index (Phi) is 4.66. The molecule has 0 radical (unpaired) electrons. The van der Waals surface area contributed by atoms with Crippen LogP contribution in [0.15, 0.2) is 18.2 Å². The second kappa shape index (κ2) is 6.73. The summed E-state index contributed by atoms with van der Waals surface area (Å²) in [5.74, 6) is -0.155. The van der Waals surface area contributed by atoms with Crippen molar-refractivity contribution in [3.8, 4) is 5.69 Å². The minimum Gasteiger partial charge on any atom is -0.348 e. The van der Waals surface area contributed by atoms with Crippen molar-refractivity contribution in [3.05, 3.63) is 40.7 Å². The van der Waals surface area contributed by atoms with Crippen LogP contribution in [0.25, 0.3) is 5.69 Å². The van der Waals surface area contributed by atoms with E-state index in [0.29, 0.717) is 5.69 Å². The van der Waals surface area contributed by atoms with E-state index in [-0.39, 0.29) is 11.9 Å². The molecule has 6 nitrogen and oxygen atoms in total. The Bertz CT molecular complexity index is 752. The minimum atomic E-state index is -0.155. The SMILES string of the molecule is CC[C@H](C)NC(=O)c1nnn(-c2cccc3c2CCN(C)C3)c1C. The van der Waals surface area contributed by atoms with E-state index in [4.69, 9.17) is 0 Å². The third kappa shape index (κ3) is 3.06. The number of aromatic nitrogens is 3. The molecule has 1 atom stereocenters. The van der Waals surface area contributed by atoms with Gasteiger partial charge in [-0.3, -0.25) is 4.79 Å². The number of carbonyl (C=O) groups excluding carboxylic acids is 1. The summed E-state index contributed by atoms with van der Waals surface area (Å²) in [6, 6.07) is 6.40. The van der Waals surface area contributed by atoms with Gasteiger partial charge in [0.25, 0.3) is 5.91 Å². The molecule has 1 aromatic heterocycles. The molecule has 1 amide bonds. The summed E-state index contributed by atoms with van der Waals surface area (Å²) in [7, 11) is 2.13. The van der Waals surface area contributed by atoms with Gasteiger partial charge in [0, 0.05) is 19.1 Å². The Morgan fingerprint density at radius 3 is 2.96 bits per heavy atom. The lowest BCUT2D eigenvalue weighted by Gasteiger charge is -2.26. The quantitative estimate of drug-likeness (QED) is 0.934. The lowest BCUT2D eigenvalue weighted by Crippen LogP contribution is -2.32. The summed E-state index contributed by atoms with van der Waals surface area (Å²) >= 11 is 0. The predicted molar refractivity (Wildman–Crippen MR) is 93.4 cm³/mol. The normalized spacial score (nSPS) is 15.8. The first kappa shape index (κ1) is 16.6. The van der Waals surface area contributed by atoms with Crippen LogP contribution in [0.1, 0.15) is 47.6 Å². The summed E-state index contributed by atoms with van der Waals surface area (Å²) < 4.78 is 1.80. The van der Waals surface area contributed by atoms with Crippen LogP contribution >= 0.6 is 0 Å². The molecule has 0 bridgehead atoms. The molecular formula is C18H25N5O. The number of nitrogens with zero attached hydrogens (tertiary/aromatic N) is 4. The molecule has 2 aromatic rings.